The summed E-state index contributed by atoms with van der Waals surface area (Å²) in [5.74, 6) is 1.14. The van der Waals surface area contributed by atoms with Gasteiger partial charge in [0.2, 0.25) is 5.78 Å². The molecule has 0 radical (unpaired) electrons. The van der Waals surface area contributed by atoms with Gasteiger partial charge in [-0.25, -0.2) is 4.79 Å². The molecule has 7 nitrogen and oxygen atoms in total. The molecular weight excluding hydrogens is 378 g/mol. The SMILES string of the molecule is Cc1c(C)n2c3c(=O)n(C/C=C\c4ccccc4)c(=O)n(C)c3nc2n1CC(C)C. The molecule has 0 aliphatic carbocycles. The van der Waals surface area contributed by atoms with Gasteiger partial charge in [-0.1, -0.05) is 56.3 Å². The van der Waals surface area contributed by atoms with Gasteiger partial charge in [0.05, 0.1) is 0 Å². The number of rotatable bonds is 5. The predicted octanol–water partition coefficient (Wildman–Crippen LogP) is 3.14. The van der Waals surface area contributed by atoms with E-state index in [0.29, 0.717) is 22.9 Å². The third-order valence-electron chi connectivity index (χ3n) is 5.58. The molecule has 0 saturated carbocycles. The van der Waals surface area contributed by atoms with Gasteiger partial charge in [-0.15, -0.1) is 0 Å². The number of hydrogen-bond acceptors (Lipinski definition) is 3. The zero-order chi connectivity index (χ0) is 21.6. The Balaban J connectivity index is 1.91. The first kappa shape index (κ1) is 19.9. The molecule has 4 aromatic rings. The fourth-order valence-electron chi connectivity index (χ4n) is 3.92. The van der Waals surface area contributed by atoms with Gasteiger partial charge in [-0.2, -0.15) is 4.98 Å². The van der Waals surface area contributed by atoms with Crippen molar-refractivity contribution in [2.45, 2.75) is 40.8 Å². The number of allylic oxidation sites excluding steroid dienone is 1. The van der Waals surface area contributed by atoms with Gasteiger partial charge in [0, 0.05) is 31.5 Å². The molecule has 3 aromatic heterocycles. The number of aromatic nitrogens is 5. The molecule has 7 heteroatoms. The van der Waals surface area contributed by atoms with Crippen LogP contribution >= 0.6 is 0 Å². The molecule has 0 spiro atoms. The number of imidazole rings is 2. The van der Waals surface area contributed by atoms with Crippen LogP contribution in [0.15, 0.2) is 46.0 Å². The van der Waals surface area contributed by atoms with Crippen molar-refractivity contribution in [3.63, 3.8) is 0 Å². The first-order valence-corrected chi connectivity index (χ1v) is 10.2. The van der Waals surface area contributed by atoms with E-state index in [-0.39, 0.29) is 17.8 Å². The van der Waals surface area contributed by atoms with E-state index in [9.17, 15) is 9.59 Å². The van der Waals surface area contributed by atoms with Crippen molar-refractivity contribution in [1.29, 1.82) is 0 Å². The molecule has 0 fully saturated rings. The van der Waals surface area contributed by atoms with Crippen LogP contribution in [0, 0.1) is 19.8 Å². The van der Waals surface area contributed by atoms with Crippen molar-refractivity contribution in [3.05, 3.63) is 74.2 Å². The lowest BCUT2D eigenvalue weighted by Crippen LogP contribution is -2.39. The Morgan fingerprint density at radius 1 is 1.03 bits per heavy atom. The third-order valence-corrected chi connectivity index (χ3v) is 5.58. The Kier molecular flexibility index (Phi) is 4.97. The highest BCUT2D eigenvalue weighted by molar-refractivity contribution is 5.76. The second-order valence-corrected chi connectivity index (χ2v) is 8.17. The standard InChI is InChI=1S/C23H27N5O2/c1-15(2)14-27-16(3)17(4)28-19-20(24-22(27)28)25(5)23(30)26(21(19)29)13-9-12-18-10-7-6-8-11-18/h6-12,15H,13-14H2,1-5H3/b12-9-. The molecule has 4 rings (SSSR count). The van der Waals surface area contributed by atoms with Crippen molar-refractivity contribution in [3.8, 4) is 0 Å². The lowest BCUT2D eigenvalue weighted by atomic mass is 10.2. The second-order valence-electron chi connectivity index (χ2n) is 8.17. The lowest BCUT2D eigenvalue weighted by molar-refractivity contribution is 0.524. The van der Waals surface area contributed by atoms with Crippen molar-refractivity contribution in [1.82, 2.24) is 23.1 Å². The quantitative estimate of drug-likeness (QED) is 0.512. The topological polar surface area (TPSA) is 66.2 Å². The average Bonchev–Trinajstić information content (AvgIpc) is 3.21. The minimum absolute atomic E-state index is 0.203. The summed E-state index contributed by atoms with van der Waals surface area (Å²) in [5.41, 5.74) is 3.26. The van der Waals surface area contributed by atoms with E-state index in [1.807, 2.05) is 60.7 Å². The van der Waals surface area contributed by atoms with Crippen LogP contribution in [-0.4, -0.2) is 23.1 Å². The molecule has 0 amide bonds. The van der Waals surface area contributed by atoms with E-state index in [1.54, 1.807) is 7.05 Å². The van der Waals surface area contributed by atoms with E-state index in [2.05, 4.69) is 18.4 Å². The monoisotopic (exact) mass is 405 g/mol. The first-order chi connectivity index (χ1) is 14.3. The Hall–Kier alpha value is -3.35. The summed E-state index contributed by atoms with van der Waals surface area (Å²) >= 11 is 0. The van der Waals surface area contributed by atoms with Crippen LogP contribution in [0.5, 0.6) is 0 Å². The van der Waals surface area contributed by atoms with Gasteiger partial charge in [-0.3, -0.25) is 18.3 Å². The molecule has 0 bridgehead atoms. The van der Waals surface area contributed by atoms with Gasteiger partial charge < -0.3 is 4.57 Å². The zero-order valence-electron chi connectivity index (χ0n) is 18.1. The fraction of sp³-hybridized carbons (Fsp3) is 0.348. The Morgan fingerprint density at radius 3 is 2.40 bits per heavy atom. The van der Waals surface area contributed by atoms with Crippen LogP contribution < -0.4 is 11.2 Å². The van der Waals surface area contributed by atoms with Crippen molar-refractivity contribution < 1.29 is 0 Å². The highest BCUT2D eigenvalue weighted by atomic mass is 16.2. The van der Waals surface area contributed by atoms with Crippen molar-refractivity contribution >= 4 is 23.0 Å². The Labute approximate surface area is 174 Å². The molecule has 0 atom stereocenters. The van der Waals surface area contributed by atoms with E-state index >= 15 is 0 Å². The molecule has 0 aliphatic heterocycles. The molecule has 30 heavy (non-hydrogen) atoms. The summed E-state index contributed by atoms with van der Waals surface area (Å²) in [7, 11) is 1.67. The number of aryl methyl sites for hydroxylation is 2. The molecule has 3 heterocycles. The van der Waals surface area contributed by atoms with Crippen LogP contribution in [0.25, 0.3) is 23.0 Å². The summed E-state index contributed by atoms with van der Waals surface area (Å²) in [6.07, 6.45) is 3.75. The lowest BCUT2D eigenvalue weighted by Gasteiger charge is -2.09. The first-order valence-electron chi connectivity index (χ1n) is 10.2. The summed E-state index contributed by atoms with van der Waals surface area (Å²) in [6, 6.07) is 9.81. The smallest absolute Gasteiger partial charge is 0.314 e. The predicted molar refractivity (Wildman–Crippen MR) is 120 cm³/mol. The molecule has 0 aliphatic rings. The van der Waals surface area contributed by atoms with Crippen molar-refractivity contribution in [2.75, 3.05) is 0 Å². The zero-order valence-corrected chi connectivity index (χ0v) is 18.1. The van der Waals surface area contributed by atoms with E-state index in [0.717, 1.165) is 23.5 Å². The largest absolute Gasteiger partial charge is 0.332 e. The molecule has 0 saturated heterocycles. The second kappa shape index (κ2) is 7.48. The Morgan fingerprint density at radius 2 is 1.73 bits per heavy atom. The molecule has 0 N–H and O–H groups in total. The van der Waals surface area contributed by atoms with Gasteiger partial charge in [-0.05, 0) is 25.3 Å². The number of fused-ring (bicyclic) bond motifs is 3. The minimum atomic E-state index is -0.365. The van der Waals surface area contributed by atoms with Crippen LogP contribution in [0.2, 0.25) is 0 Å². The summed E-state index contributed by atoms with van der Waals surface area (Å²) in [5, 5.41) is 0. The molecule has 156 valence electrons. The normalized spacial score (nSPS) is 12.2. The maximum atomic E-state index is 13.4. The summed E-state index contributed by atoms with van der Waals surface area (Å²) in [6.45, 7) is 9.33. The van der Waals surface area contributed by atoms with Crippen LogP contribution in [0.3, 0.4) is 0 Å². The highest BCUT2D eigenvalue weighted by Crippen LogP contribution is 2.21. The maximum absolute atomic E-state index is 13.4. The van der Waals surface area contributed by atoms with Crippen LogP contribution in [-0.2, 0) is 20.1 Å². The molecule has 1 aromatic carbocycles. The minimum Gasteiger partial charge on any atom is -0.314 e. The number of hydrogen-bond donors (Lipinski definition) is 0. The van der Waals surface area contributed by atoms with Crippen molar-refractivity contribution in [2.24, 2.45) is 13.0 Å². The van der Waals surface area contributed by atoms with E-state index < -0.39 is 0 Å². The van der Waals surface area contributed by atoms with Gasteiger partial charge in [0.15, 0.2) is 11.2 Å². The molecular formula is C23H27N5O2. The third kappa shape index (κ3) is 3.10. The van der Waals surface area contributed by atoms with Crippen LogP contribution in [0.1, 0.15) is 30.8 Å². The van der Waals surface area contributed by atoms with E-state index in [1.165, 1.54) is 9.13 Å². The van der Waals surface area contributed by atoms with E-state index in [4.69, 9.17) is 4.98 Å². The summed E-state index contributed by atoms with van der Waals surface area (Å²) < 4.78 is 6.76. The number of benzene rings is 1. The Bertz CT molecular complexity index is 1380. The van der Waals surface area contributed by atoms with Gasteiger partial charge >= 0.3 is 5.69 Å². The average molecular weight is 406 g/mol. The van der Waals surface area contributed by atoms with Gasteiger partial charge in [0.1, 0.15) is 0 Å². The molecule has 0 unspecified atom stereocenters. The maximum Gasteiger partial charge on any atom is 0.332 e. The van der Waals surface area contributed by atoms with Gasteiger partial charge in [0.25, 0.3) is 5.56 Å². The highest BCUT2D eigenvalue weighted by Gasteiger charge is 2.22. The van der Waals surface area contributed by atoms with Crippen LogP contribution in [0.4, 0.5) is 0 Å². The number of nitrogens with zero attached hydrogens (tertiary/aromatic N) is 5. The summed E-state index contributed by atoms with van der Waals surface area (Å²) in [4.78, 5) is 31.0. The fourth-order valence-corrected chi connectivity index (χ4v) is 3.92.